The minimum atomic E-state index is -0.796. The lowest BCUT2D eigenvalue weighted by Crippen LogP contribution is -2.58. The predicted molar refractivity (Wildman–Crippen MR) is 145 cm³/mol. The molecule has 1 saturated heterocycles. The summed E-state index contributed by atoms with van der Waals surface area (Å²) in [5.74, 6) is 1.23. The molecule has 2 N–H and O–H groups in total. The lowest BCUT2D eigenvalue weighted by Gasteiger charge is -2.63. The van der Waals surface area contributed by atoms with Crippen molar-refractivity contribution in [2.45, 2.75) is 137 Å². The highest BCUT2D eigenvalue weighted by Crippen LogP contribution is 2.72. The summed E-state index contributed by atoms with van der Waals surface area (Å²) < 4.78 is 12.1. The number of ether oxygens (including phenoxy) is 2. The van der Waals surface area contributed by atoms with Gasteiger partial charge in [-0.05, 0) is 111 Å². The molecule has 9 atom stereocenters. The molecular formula is C32H52O5. The monoisotopic (exact) mass is 516 g/mol. The highest BCUT2D eigenvalue weighted by Gasteiger charge is 2.66. The minimum Gasteiger partial charge on any atom is -0.462 e. The number of esters is 1. The molecule has 0 radical (unpaired) electrons. The Morgan fingerprint density at radius 3 is 2.32 bits per heavy atom. The maximum absolute atomic E-state index is 12.0. The van der Waals surface area contributed by atoms with Crippen molar-refractivity contribution in [3.05, 3.63) is 11.1 Å². The van der Waals surface area contributed by atoms with Gasteiger partial charge >= 0.3 is 5.97 Å². The van der Waals surface area contributed by atoms with Gasteiger partial charge in [0.1, 0.15) is 6.10 Å². The number of carbonyl (C=O) groups is 1. The summed E-state index contributed by atoms with van der Waals surface area (Å²) in [4.78, 5) is 11.9. The number of aliphatic hydroxyl groups excluding tert-OH is 1. The Morgan fingerprint density at radius 1 is 1.03 bits per heavy atom. The second-order valence-electron chi connectivity index (χ2n) is 15.3. The first kappa shape index (κ1) is 27.6. The van der Waals surface area contributed by atoms with Crippen LogP contribution in [0, 0.1) is 39.4 Å². The van der Waals surface area contributed by atoms with Crippen molar-refractivity contribution in [3.8, 4) is 0 Å². The second kappa shape index (κ2) is 8.80. The van der Waals surface area contributed by atoms with Gasteiger partial charge in [0.2, 0.25) is 0 Å². The number of aliphatic hydroxyl groups is 2. The first-order chi connectivity index (χ1) is 17.1. The summed E-state index contributed by atoms with van der Waals surface area (Å²) in [6, 6.07) is 0. The lowest BCUT2D eigenvalue weighted by atomic mass is 9.42. The molecule has 5 aliphatic rings. The van der Waals surface area contributed by atoms with Gasteiger partial charge < -0.3 is 19.7 Å². The van der Waals surface area contributed by atoms with Crippen molar-refractivity contribution in [1.29, 1.82) is 0 Å². The van der Waals surface area contributed by atoms with Crippen LogP contribution in [0.5, 0.6) is 0 Å². The Kier molecular flexibility index (Phi) is 6.57. The molecule has 5 rings (SSSR count). The quantitative estimate of drug-likeness (QED) is 0.345. The van der Waals surface area contributed by atoms with E-state index in [1.807, 2.05) is 13.8 Å². The van der Waals surface area contributed by atoms with Gasteiger partial charge in [0.15, 0.2) is 0 Å². The Balaban J connectivity index is 1.45. The number of hydrogen-bond acceptors (Lipinski definition) is 5. The van der Waals surface area contributed by atoms with Crippen molar-refractivity contribution >= 4 is 5.97 Å². The van der Waals surface area contributed by atoms with Crippen LogP contribution in [0.2, 0.25) is 0 Å². The first-order valence-electron chi connectivity index (χ1n) is 15.0. The summed E-state index contributed by atoms with van der Waals surface area (Å²) in [6.45, 7) is 17.9. The topological polar surface area (TPSA) is 76.0 Å². The van der Waals surface area contributed by atoms with Gasteiger partial charge in [-0.3, -0.25) is 4.79 Å². The van der Waals surface area contributed by atoms with Crippen LogP contribution in [0.25, 0.3) is 0 Å². The van der Waals surface area contributed by atoms with Crippen LogP contribution in [-0.2, 0) is 14.3 Å². The zero-order valence-electron chi connectivity index (χ0n) is 24.7. The fourth-order valence-electron chi connectivity index (χ4n) is 10.6. The maximum atomic E-state index is 12.0. The molecule has 0 spiro atoms. The van der Waals surface area contributed by atoms with E-state index in [0.717, 1.165) is 51.6 Å². The van der Waals surface area contributed by atoms with Crippen LogP contribution in [0.1, 0.15) is 113 Å². The number of hydrogen-bond donors (Lipinski definition) is 2. The van der Waals surface area contributed by atoms with Crippen molar-refractivity contribution < 1.29 is 24.5 Å². The molecule has 5 nitrogen and oxygen atoms in total. The van der Waals surface area contributed by atoms with E-state index in [2.05, 4.69) is 34.6 Å². The van der Waals surface area contributed by atoms with Crippen LogP contribution in [0.3, 0.4) is 0 Å². The maximum Gasteiger partial charge on any atom is 0.302 e. The molecule has 4 aliphatic carbocycles. The number of carbonyl (C=O) groups excluding carboxylic acids is 1. The summed E-state index contributed by atoms with van der Waals surface area (Å²) >= 11 is 0. The number of rotatable bonds is 3. The summed E-state index contributed by atoms with van der Waals surface area (Å²) in [7, 11) is 0. The van der Waals surface area contributed by atoms with Crippen molar-refractivity contribution in [3.63, 3.8) is 0 Å². The Labute approximate surface area is 224 Å². The third-order valence-corrected chi connectivity index (χ3v) is 12.7. The Hall–Kier alpha value is -0.910. The predicted octanol–water partition coefficient (Wildman–Crippen LogP) is 6.20. The molecule has 0 aromatic carbocycles. The second-order valence-corrected chi connectivity index (χ2v) is 15.3. The van der Waals surface area contributed by atoms with Crippen LogP contribution >= 0.6 is 0 Å². The molecule has 210 valence electrons. The van der Waals surface area contributed by atoms with Crippen LogP contribution in [-0.4, -0.2) is 46.7 Å². The van der Waals surface area contributed by atoms with Gasteiger partial charge in [0.05, 0.1) is 24.4 Å². The van der Waals surface area contributed by atoms with E-state index < -0.39 is 11.7 Å². The third kappa shape index (κ3) is 3.99. The highest BCUT2D eigenvalue weighted by molar-refractivity contribution is 5.66. The van der Waals surface area contributed by atoms with Crippen molar-refractivity contribution in [1.82, 2.24) is 0 Å². The van der Waals surface area contributed by atoms with Crippen LogP contribution < -0.4 is 0 Å². The van der Waals surface area contributed by atoms with E-state index in [4.69, 9.17) is 9.47 Å². The van der Waals surface area contributed by atoms with E-state index in [1.54, 1.807) is 5.57 Å². The van der Waals surface area contributed by atoms with Crippen LogP contribution in [0.4, 0.5) is 0 Å². The normalized spacial score (nSPS) is 47.6. The summed E-state index contributed by atoms with van der Waals surface area (Å²) in [5.41, 5.74) is 2.09. The number of allylic oxidation sites excluding steroid dienone is 1. The molecular weight excluding hydrogens is 464 g/mol. The molecule has 9 unspecified atom stereocenters. The molecule has 0 aromatic rings. The van der Waals surface area contributed by atoms with Gasteiger partial charge in [-0.15, -0.1) is 0 Å². The minimum absolute atomic E-state index is 0.0501. The molecule has 1 heterocycles. The Bertz CT molecular complexity index is 953. The standard InChI is InChI=1S/C32H52O5/c1-19(33)37-25-14-15-30(6)24(28(25,2)3)11-10-22-27(30)23(34)17-32(8)21(13-16-31(22,32)7)20-9-12-26(36-18-20)29(4,5)35/h20-21,23-26,34-35H,9-18H2,1-8H3. The molecule has 2 saturated carbocycles. The SMILES string of the molecule is CC(=O)OC1CCC2(C)C3=C(CCC2C1(C)C)C1(C)CCC(C2CCC(C(C)(C)O)OC2)C1(C)CC3O. The van der Waals surface area contributed by atoms with Gasteiger partial charge in [0.25, 0.3) is 0 Å². The first-order valence-corrected chi connectivity index (χ1v) is 15.0. The lowest BCUT2D eigenvalue weighted by molar-refractivity contribution is -0.169. The average Bonchev–Trinajstić information content (AvgIpc) is 3.06. The van der Waals surface area contributed by atoms with Gasteiger partial charge in [0, 0.05) is 12.3 Å². The molecule has 1 aliphatic heterocycles. The fourth-order valence-corrected chi connectivity index (χ4v) is 10.6. The van der Waals surface area contributed by atoms with E-state index >= 15 is 0 Å². The average molecular weight is 517 g/mol. The largest absolute Gasteiger partial charge is 0.462 e. The van der Waals surface area contributed by atoms with E-state index in [9.17, 15) is 15.0 Å². The summed E-state index contributed by atoms with van der Waals surface area (Å²) in [5, 5.41) is 22.4. The van der Waals surface area contributed by atoms with E-state index in [-0.39, 0.29) is 39.8 Å². The zero-order valence-corrected chi connectivity index (χ0v) is 24.7. The van der Waals surface area contributed by atoms with E-state index in [0.29, 0.717) is 17.8 Å². The fraction of sp³-hybridized carbons (Fsp3) is 0.906. The summed E-state index contributed by atoms with van der Waals surface area (Å²) in [6.07, 6.45) is 8.64. The number of fused-ring (bicyclic) bond motifs is 4. The van der Waals surface area contributed by atoms with Gasteiger partial charge in [-0.1, -0.05) is 40.2 Å². The Morgan fingerprint density at radius 2 is 1.73 bits per heavy atom. The van der Waals surface area contributed by atoms with Crippen LogP contribution in [0.15, 0.2) is 11.1 Å². The molecule has 0 aromatic heterocycles. The smallest absolute Gasteiger partial charge is 0.302 e. The molecule has 37 heavy (non-hydrogen) atoms. The van der Waals surface area contributed by atoms with E-state index in [1.165, 1.54) is 25.3 Å². The van der Waals surface area contributed by atoms with Gasteiger partial charge in [-0.25, -0.2) is 0 Å². The third-order valence-electron chi connectivity index (χ3n) is 12.7. The molecule has 0 amide bonds. The highest BCUT2D eigenvalue weighted by atomic mass is 16.5. The van der Waals surface area contributed by atoms with Crippen molar-refractivity contribution in [2.24, 2.45) is 39.4 Å². The van der Waals surface area contributed by atoms with Crippen molar-refractivity contribution in [2.75, 3.05) is 6.61 Å². The molecule has 0 bridgehead atoms. The van der Waals surface area contributed by atoms with Gasteiger partial charge in [-0.2, -0.15) is 0 Å². The molecule has 5 heteroatoms. The molecule has 3 fully saturated rings. The zero-order chi connectivity index (χ0) is 27.2.